The topological polar surface area (TPSA) is 27.7 Å². The monoisotopic (exact) mass is 255 g/mol. The van der Waals surface area contributed by atoms with E-state index in [0.29, 0.717) is 6.04 Å². The molecule has 2 atom stereocenters. The average molecular weight is 255 g/mol. The Morgan fingerprint density at radius 3 is 3.06 bits per heavy atom. The zero-order valence-electron chi connectivity index (χ0n) is 12.0. The Hall–Kier alpha value is -0.160. The van der Waals surface area contributed by atoms with Crippen LogP contribution in [0.2, 0.25) is 0 Å². The maximum absolute atomic E-state index is 5.50. The van der Waals surface area contributed by atoms with Crippen LogP contribution in [0.25, 0.3) is 0 Å². The van der Waals surface area contributed by atoms with Gasteiger partial charge in [-0.2, -0.15) is 0 Å². The van der Waals surface area contributed by atoms with E-state index in [1.807, 2.05) is 0 Å². The highest BCUT2D eigenvalue weighted by Crippen LogP contribution is 2.18. The fraction of sp³-hybridized carbons (Fsp3) is 1.00. The van der Waals surface area contributed by atoms with Gasteiger partial charge in [0.2, 0.25) is 0 Å². The molecule has 2 rings (SSSR count). The summed E-state index contributed by atoms with van der Waals surface area (Å²) >= 11 is 0. The third-order valence-electron chi connectivity index (χ3n) is 4.17. The molecule has 0 aromatic rings. The summed E-state index contributed by atoms with van der Waals surface area (Å²) in [5.41, 5.74) is 0. The molecule has 4 nitrogen and oxygen atoms in total. The van der Waals surface area contributed by atoms with Gasteiger partial charge in [-0.05, 0) is 52.4 Å². The van der Waals surface area contributed by atoms with Crippen LogP contribution in [-0.4, -0.2) is 75.9 Å². The van der Waals surface area contributed by atoms with Gasteiger partial charge in [-0.1, -0.05) is 0 Å². The van der Waals surface area contributed by atoms with Crippen LogP contribution in [0.1, 0.15) is 19.3 Å². The molecular formula is C14H29N3O. The first kappa shape index (κ1) is 14.3. The van der Waals surface area contributed by atoms with Gasteiger partial charge < -0.3 is 19.9 Å². The summed E-state index contributed by atoms with van der Waals surface area (Å²) in [6, 6.07) is 0.526. The average Bonchev–Trinajstić information content (AvgIpc) is 2.38. The van der Waals surface area contributed by atoms with E-state index in [4.69, 9.17) is 4.74 Å². The van der Waals surface area contributed by atoms with Crippen molar-refractivity contribution in [3.63, 3.8) is 0 Å². The Morgan fingerprint density at radius 2 is 2.33 bits per heavy atom. The Labute approximate surface area is 112 Å². The highest BCUT2D eigenvalue weighted by Gasteiger charge is 2.19. The lowest BCUT2D eigenvalue weighted by Gasteiger charge is -2.32. The van der Waals surface area contributed by atoms with Gasteiger partial charge >= 0.3 is 0 Å². The smallest absolute Gasteiger partial charge is 0.0632 e. The van der Waals surface area contributed by atoms with E-state index in [2.05, 4.69) is 29.2 Å². The maximum atomic E-state index is 5.50. The molecule has 2 unspecified atom stereocenters. The van der Waals surface area contributed by atoms with Crippen molar-refractivity contribution in [2.24, 2.45) is 5.92 Å². The van der Waals surface area contributed by atoms with Gasteiger partial charge in [-0.3, -0.25) is 0 Å². The number of hydrogen-bond acceptors (Lipinski definition) is 4. The van der Waals surface area contributed by atoms with Gasteiger partial charge in [0.25, 0.3) is 0 Å². The van der Waals surface area contributed by atoms with Crippen molar-refractivity contribution in [2.45, 2.75) is 25.3 Å². The zero-order chi connectivity index (χ0) is 12.8. The predicted octanol–water partition coefficient (Wildman–Crippen LogP) is 0.639. The van der Waals surface area contributed by atoms with Crippen molar-refractivity contribution >= 4 is 0 Å². The minimum absolute atomic E-state index is 0.526. The summed E-state index contributed by atoms with van der Waals surface area (Å²) < 4.78 is 5.50. The number of likely N-dealkylation sites (tertiary alicyclic amines) is 1. The van der Waals surface area contributed by atoms with E-state index in [-0.39, 0.29) is 0 Å². The van der Waals surface area contributed by atoms with Gasteiger partial charge in [0.1, 0.15) is 0 Å². The molecule has 2 heterocycles. The molecule has 0 radical (unpaired) electrons. The normalized spacial score (nSPS) is 30.8. The zero-order valence-corrected chi connectivity index (χ0v) is 12.0. The molecule has 0 spiro atoms. The van der Waals surface area contributed by atoms with E-state index in [9.17, 15) is 0 Å². The van der Waals surface area contributed by atoms with Crippen molar-refractivity contribution in [2.75, 3.05) is 60.0 Å². The third-order valence-corrected chi connectivity index (χ3v) is 4.17. The van der Waals surface area contributed by atoms with Gasteiger partial charge in [0.15, 0.2) is 0 Å². The molecule has 0 aromatic carbocycles. The molecule has 4 heteroatoms. The number of likely N-dealkylation sites (N-methyl/N-ethyl adjacent to an activating group) is 1. The fourth-order valence-electron chi connectivity index (χ4n) is 3.12. The van der Waals surface area contributed by atoms with E-state index < -0.39 is 0 Å². The van der Waals surface area contributed by atoms with Gasteiger partial charge in [0, 0.05) is 25.7 Å². The first-order valence-electron chi connectivity index (χ1n) is 7.42. The number of rotatable bonds is 5. The highest BCUT2D eigenvalue weighted by molar-refractivity contribution is 4.75. The molecule has 2 fully saturated rings. The van der Waals surface area contributed by atoms with Gasteiger partial charge in [-0.15, -0.1) is 0 Å². The molecule has 0 saturated carbocycles. The van der Waals surface area contributed by atoms with E-state index in [1.165, 1.54) is 38.9 Å². The molecular weight excluding hydrogens is 226 g/mol. The van der Waals surface area contributed by atoms with Crippen molar-refractivity contribution in [3.05, 3.63) is 0 Å². The third kappa shape index (κ3) is 4.84. The summed E-state index contributed by atoms with van der Waals surface area (Å²) in [4.78, 5) is 4.94. The highest BCUT2D eigenvalue weighted by atomic mass is 16.5. The molecule has 0 aliphatic carbocycles. The number of morpholine rings is 1. The van der Waals surface area contributed by atoms with E-state index >= 15 is 0 Å². The summed E-state index contributed by atoms with van der Waals surface area (Å²) in [5.74, 6) is 0.904. The summed E-state index contributed by atoms with van der Waals surface area (Å²) in [6.45, 7) is 7.66. The number of hydrogen-bond donors (Lipinski definition) is 1. The van der Waals surface area contributed by atoms with Crippen LogP contribution in [0.3, 0.4) is 0 Å². The second-order valence-corrected chi connectivity index (χ2v) is 6.05. The lowest BCUT2D eigenvalue weighted by molar-refractivity contribution is 0.0640. The van der Waals surface area contributed by atoms with Crippen molar-refractivity contribution in [1.29, 1.82) is 0 Å². The molecule has 0 amide bonds. The van der Waals surface area contributed by atoms with Crippen LogP contribution in [0, 0.1) is 5.92 Å². The van der Waals surface area contributed by atoms with Crippen LogP contribution in [0.5, 0.6) is 0 Å². The molecule has 1 N–H and O–H groups in total. The van der Waals surface area contributed by atoms with Crippen LogP contribution in [0.15, 0.2) is 0 Å². The molecule has 2 aliphatic heterocycles. The summed E-state index contributed by atoms with van der Waals surface area (Å²) in [7, 11) is 4.49. The molecule has 0 aromatic heterocycles. The second-order valence-electron chi connectivity index (χ2n) is 6.05. The Morgan fingerprint density at radius 1 is 1.44 bits per heavy atom. The minimum Gasteiger partial charge on any atom is -0.378 e. The summed E-state index contributed by atoms with van der Waals surface area (Å²) in [5, 5.41) is 3.52. The molecule has 2 aliphatic rings. The predicted molar refractivity (Wildman–Crippen MR) is 74.9 cm³/mol. The minimum atomic E-state index is 0.526. The SMILES string of the molecule is CN1CCCC(CCN(C)CC2COCCN2)C1. The molecule has 0 bridgehead atoms. The Balaban J connectivity index is 1.60. The quantitative estimate of drug-likeness (QED) is 0.780. The van der Waals surface area contributed by atoms with Crippen LogP contribution in [0.4, 0.5) is 0 Å². The first-order valence-corrected chi connectivity index (χ1v) is 7.42. The maximum Gasteiger partial charge on any atom is 0.0632 e. The number of nitrogens with zero attached hydrogens (tertiary/aromatic N) is 2. The lowest BCUT2D eigenvalue weighted by Crippen LogP contribution is -2.48. The summed E-state index contributed by atoms with van der Waals surface area (Å²) in [6.07, 6.45) is 4.14. The standard InChI is InChI=1S/C14H29N3O/c1-16-7-3-4-13(10-16)5-8-17(2)11-14-12-18-9-6-15-14/h13-15H,3-12H2,1-2H3. The largest absolute Gasteiger partial charge is 0.378 e. The van der Waals surface area contributed by atoms with Crippen LogP contribution in [-0.2, 0) is 4.74 Å². The van der Waals surface area contributed by atoms with Crippen LogP contribution >= 0.6 is 0 Å². The Bertz CT molecular complexity index is 231. The second kappa shape index (κ2) is 7.43. The van der Waals surface area contributed by atoms with Crippen molar-refractivity contribution < 1.29 is 4.74 Å². The Kier molecular flexibility index (Phi) is 5.89. The molecule has 18 heavy (non-hydrogen) atoms. The van der Waals surface area contributed by atoms with Gasteiger partial charge in [0.05, 0.1) is 13.2 Å². The van der Waals surface area contributed by atoms with E-state index in [0.717, 1.165) is 32.2 Å². The number of piperidine rings is 1. The lowest BCUT2D eigenvalue weighted by atomic mass is 9.95. The molecule has 2 saturated heterocycles. The van der Waals surface area contributed by atoms with E-state index in [1.54, 1.807) is 0 Å². The molecule has 106 valence electrons. The van der Waals surface area contributed by atoms with Crippen molar-refractivity contribution in [3.8, 4) is 0 Å². The van der Waals surface area contributed by atoms with Gasteiger partial charge in [-0.25, -0.2) is 0 Å². The van der Waals surface area contributed by atoms with Crippen LogP contribution < -0.4 is 5.32 Å². The van der Waals surface area contributed by atoms with Crippen molar-refractivity contribution in [1.82, 2.24) is 15.1 Å². The number of ether oxygens (including phenoxy) is 1. The fourth-order valence-corrected chi connectivity index (χ4v) is 3.12. The number of nitrogens with one attached hydrogen (secondary N) is 1. The first-order chi connectivity index (χ1) is 8.74.